The fourth-order valence-electron chi connectivity index (χ4n) is 1.16. The molecule has 0 unspecified atom stereocenters. The van der Waals surface area contributed by atoms with Gasteiger partial charge in [-0.2, -0.15) is 5.26 Å². The third kappa shape index (κ3) is 8.21. The Morgan fingerprint density at radius 1 is 1.38 bits per heavy atom. The zero-order valence-corrected chi connectivity index (χ0v) is 9.93. The molecule has 0 aromatic carbocycles. The number of esters is 1. The Morgan fingerprint density at radius 2 is 1.94 bits per heavy atom. The molecule has 0 aliphatic carbocycles. The molecular formula is C11H19NO4. The van der Waals surface area contributed by atoms with Crippen LogP contribution in [-0.2, 0) is 9.53 Å². The number of carbonyl (C=O) groups excluding carboxylic acids is 1. The Labute approximate surface area is 95.6 Å². The van der Waals surface area contributed by atoms with Crippen LogP contribution in [0.25, 0.3) is 0 Å². The minimum absolute atomic E-state index is 0.00675. The van der Waals surface area contributed by atoms with Crippen LogP contribution in [0.2, 0.25) is 0 Å². The first-order chi connectivity index (χ1) is 7.24. The molecule has 5 nitrogen and oxygen atoms in total. The zero-order valence-electron chi connectivity index (χ0n) is 9.93. The number of nitrogens with zero attached hydrogens (tertiary/aromatic N) is 1. The van der Waals surface area contributed by atoms with Gasteiger partial charge in [0.2, 0.25) is 0 Å². The maximum Gasteiger partial charge on any atom is 0.308 e. The average molecular weight is 229 g/mol. The number of aliphatic hydroxyl groups is 2. The minimum atomic E-state index is -0.974. The predicted octanol–water partition coefficient (Wildman–Crippen LogP) is 0.744. The Kier molecular flexibility index (Phi) is 6.01. The fraction of sp³-hybridized carbons (Fsp3) is 0.818. The highest BCUT2D eigenvalue weighted by molar-refractivity contribution is 5.70. The van der Waals surface area contributed by atoms with E-state index in [0.717, 1.165) is 0 Å². The van der Waals surface area contributed by atoms with E-state index in [9.17, 15) is 15.0 Å². The summed E-state index contributed by atoms with van der Waals surface area (Å²) in [7, 11) is 0. The second-order valence-electron chi connectivity index (χ2n) is 4.70. The summed E-state index contributed by atoms with van der Waals surface area (Å²) in [4.78, 5) is 11.3. The number of aliphatic hydroxyl groups excluding tert-OH is 2. The quantitative estimate of drug-likeness (QED) is 0.679. The number of hydrogen-bond donors (Lipinski definition) is 2. The van der Waals surface area contributed by atoms with Gasteiger partial charge >= 0.3 is 5.97 Å². The molecule has 0 aromatic heterocycles. The van der Waals surface area contributed by atoms with Crippen LogP contribution in [0, 0.1) is 11.3 Å². The molecule has 5 heteroatoms. The van der Waals surface area contributed by atoms with Crippen molar-refractivity contribution >= 4 is 5.97 Å². The van der Waals surface area contributed by atoms with Crippen molar-refractivity contribution in [2.75, 3.05) is 0 Å². The average Bonchev–Trinajstić information content (AvgIpc) is 1.98. The fourth-order valence-corrected chi connectivity index (χ4v) is 1.16. The number of hydrogen-bond acceptors (Lipinski definition) is 5. The first-order valence-electron chi connectivity index (χ1n) is 5.19. The second kappa shape index (κ2) is 6.46. The highest BCUT2D eigenvalue weighted by atomic mass is 16.6. The topological polar surface area (TPSA) is 90.6 Å². The SMILES string of the molecule is CC(C)(C)OC(=O)C[C@H](O)C[C@@H](O)CC#N. The second-order valence-corrected chi connectivity index (χ2v) is 4.70. The maximum atomic E-state index is 11.3. The Balaban J connectivity index is 3.92. The Hall–Kier alpha value is -1.12. The summed E-state index contributed by atoms with van der Waals surface area (Å²) in [6, 6.07) is 1.79. The van der Waals surface area contributed by atoms with Crippen LogP contribution < -0.4 is 0 Å². The van der Waals surface area contributed by atoms with Gasteiger partial charge in [-0.15, -0.1) is 0 Å². The van der Waals surface area contributed by atoms with Gasteiger partial charge < -0.3 is 14.9 Å². The first-order valence-corrected chi connectivity index (χ1v) is 5.19. The normalized spacial score (nSPS) is 15.0. The molecule has 0 spiro atoms. The summed E-state index contributed by atoms with van der Waals surface area (Å²) in [5.74, 6) is -0.510. The van der Waals surface area contributed by atoms with Crippen molar-refractivity contribution in [2.45, 2.75) is 57.8 Å². The summed E-state index contributed by atoms with van der Waals surface area (Å²) in [6.07, 6.45) is -2.08. The van der Waals surface area contributed by atoms with Crippen LogP contribution in [0.15, 0.2) is 0 Å². The molecule has 2 N–H and O–H groups in total. The van der Waals surface area contributed by atoms with Gasteiger partial charge in [0.25, 0.3) is 0 Å². The lowest BCUT2D eigenvalue weighted by atomic mass is 10.1. The summed E-state index contributed by atoms with van der Waals surface area (Å²) in [5.41, 5.74) is -0.581. The summed E-state index contributed by atoms with van der Waals surface area (Å²) < 4.78 is 5.00. The number of carbonyl (C=O) groups is 1. The van der Waals surface area contributed by atoms with Crippen molar-refractivity contribution in [1.82, 2.24) is 0 Å². The van der Waals surface area contributed by atoms with Gasteiger partial charge in [0.05, 0.1) is 31.1 Å². The van der Waals surface area contributed by atoms with E-state index in [2.05, 4.69) is 0 Å². The van der Waals surface area contributed by atoms with E-state index in [4.69, 9.17) is 10.00 Å². The lowest BCUT2D eigenvalue weighted by Crippen LogP contribution is -2.28. The maximum absolute atomic E-state index is 11.3. The van der Waals surface area contributed by atoms with Gasteiger partial charge in [-0.1, -0.05) is 0 Å². The van der Waals surface area contributed by atoms with Crippen LogP contribution in [0.4, 0.5) is 0 Å². The van der Waals surface area contributed by atoms with Crippen LogP contribution in [0.5, 0.6) is 0 Å². The first kappa shape index (κ1) is 14.9. The standard InChI is InChI=1S/C11H19NO4/c1-11(2,3)16-10(15)7-9(14)6-8(13)4-5-12/h8-9,13-14H,4,6-7H2,1-3H3/t8-,9+/m0/s1. The molecule has 0 amide bonds. The molecule has 0 aliphatic heterocycles. The van der Waals surface area contributed by atoms with E-state index >= 15 is 0 Å². The minimum Gasteiger partial charge on any atom is -0.460 e. The van der Waals surface area contributed by atoms with Crippen molar-refractivity contribution in [3.8, 4) is 6.07 Å². The van der Waals surface area contributed by atoms with Crippen molar-refractivity contribution in [1.29, 1.82) is 5.26 Å². The Morgan fingerprint density at radius 3 is 2.38 bits per heavy atom. The van der Waals surface area contributed by atoms with Crippen LogP contribution >= 0.6 is 0 Å². The zero-order chi connectivity index (χ0) is 12.8. The van der Waals surface area contributed by atoms with Gasteiger partial charge in [-0.3, -0.25) is 4.79 Å². The van der Waals surface area contributed by atoms with Crippen LogP contribution in [0.1, 0.15) is 40.0 Å². The van der Waals surface area contributed by atoms with E-state index in [1.54, 1.807) is 26.8 Å². The van der Waals surface area contributed by atoms with Crippen LogP contribution in [-0.4, -0.2) is 34.0 Å². The number of ether oxygens (including phenoxy) is 1. The third-order valence-electron chi connectivity index (χ3n) is 1.69. The number of rotatable bonds is 5. The predicted molar refractivity (Wildman–Crippen MR) is 57.3 cm³/mol. The van der Waals surface area contributed by atoms with Crippen molar-refractivity contribution in [3.63, 3.8) is 0 Å². The van der Waals surface area contributed by atoms with Gasteiger partial charge in [0.1, 0.15) is 5.60 Å². The lowest BCUT2D eigenvalue weighted by molar-refractivity contribution is -0.157. The molecule has 0 rings (SSSR count). The molecule has 0 aromatic rings. The molecule has 0 aliphatic rings. The van der Waals surface area contributed by atoms with E-state index in [-0.39, 0.29) is 19.3 Å². The molecule has 16 heavy (non-hydrogen) atoms. The van der Waals surface area contributed by atoms with Gasteiger partial charge in [-0.25, -0.2) is 0 Å². The van der Waals surface area contributed by atoms with Gasteiger partial charge in [0, 0.05) is 6.42 Å². The molecule has 0 saturated carbocycles. The highest BCUT2D eigenvalue weighted by Crippen LogP contribution is 2.11. The Bertz CT molecular complexity index is 264. The van der Waals surface area contributed by atoms with E-state index in [1.165, 1.54) is 0 Å². The summed E-state index contributed by atoms with van der Waals surface area (Å²) >= 11 is 0. The van der Waals surface area contributed by atoms with E-state index < -0.39 is 23.8 Å². The molecular weight excluding hydrogens is 210 g/mol. The van der Waals surface area contributed by atoms with Crippen molar-refractivity contribution in [2.24, 2.45) is 0 Å². The molecule has 0 fully saturated rings. The molecule has 0 bridgehead atoms. The monoisotopic (exact) mass is 229 g/mol. The highest BCUT2D eigenvalue weighted by Gasteiger charge is 2.20. The molecule has 2 atom stereocenters. The number of nitriles is 1. The lowest BCUT2D eigenvalue weighted by Gasteiger charge is -2.21. The van der Waals surface area contributed by atoms with E-state index in [1.807, 2.05) is 0 Å². The van der Waals surface area contributed by atoms with Crippen molar-refractivity contribution < 1.29 is 19.7 Å². The smallest absolute Gasteiger partial charge is 0.308 e. The van der Waals surface area contributed by atoms with Gasteiger partial charge in [-0.05, 0) is 20.8 Å². The molecule has 0 radical (unpaired) electrons. The van der Waals surface area contributed by atoms with Gasteiger partial charge in [0.15, 0.2) is 0 Å². The largest absolute Gasteiger partial charge is 0.460 e. The molecule has 92 valence electrons. The summed E-state index contributed by atoms with van der Waals surface area (Å²) in [6.45, 7) is 5.21. The van der Waals surface area contributed by atoms with E-state index in [0.29, 0.717) is 0 Å². The van der Waals surface area contributed by atoms with Crippen molar-refractivity contribution in [3.05, 3.63) is 0 Å². The third-order valence-corrected chi connectivity index (χ3v) is 1.69. The molecule has 0 heterocycles. The van der Waals surface area contributed by atoms with Crippen LogP contribution in [0.3, 0.4) is 0 Å². The molecule has 0 saturated heterocycles. The summed E-state index contributed by atoms with van der Waals surface area (Å²) in [5, 5.41) is 27.0.